The van der Waals surface area contributed by atoms with Crippen LogP contribution in [0.5, 0.6) is 0 Å². The summed E-state index contributed by atoms with van der Waals surface area (Å²) in [4.78, 5) is 23.9. The molecule has 0 bridgehead atoms. The predicted octanol–water partition coefficient (Wildman–Crippen LogP) is 3.00. The van der Waals surface area contributed by atoms with Gasteiger partial charge in [-0.2, -0.15) is 0 Å². The third kappa shape index (κ3) is 3.68. The number of carbonyl (C=O) groups excluding carboxylic acids is 1. The Kier molecular flexibility index (Phi) is 4.53. The fourth-order valence-corrected chi connectivity index (χ4v) is 2.61. The first kappa shape index (κ1) is 14.3. The monoisotopic (exact) mass is 289 g/mol. The average Bonchev–Trinajstić information content (AvgIpc) is 2.92. The lowest BCUT2D eigenvalue weighted by atomic mass is 10.1. The van der Waals surface area contributed by atoms with E-state index in [-0.39, 0.29) is 12.3 Å². The Bertz CT molecular complexity index is 590. The van der Waals surface area contributed by atoms with Gasteiger partial charge in [0.2, 0.25) is 0 Å². The lowest BCUT2D eigenvalue weighted by Gasteiger charge is -2.15. The summed E-state index contributed by atoms with van der Waals surface area (Å²) in [6, 6.07) is 10.3. The molecule has 1 aromatic carbocycles. The first-order chi connectivity index (χ1) is 9.56. The van der Waals surface area contributed by atoms with Crippen molar-refractivity contribution in [2.45, 2.75) is 19.4 Å². The zero-order chi connectivity index (χ0) is 14.5. The second-order valence-corrected chi connectivity index (χ2v) is 5.48. The summed E-state index contributed by atoms with van der Waals surface area (Å²) in [6.07, 6.45) is -0.127. The first-order valence-corrected chi connectivity index (χ1v) is 7.07. The second kappa shape index (κ2) is 6.34. The van der Waals surface area contributed by atoms with Crippen molar-refractivity contribution in [3.63, 3.8) is 0 Å². The zero-order valence-electron chi connectivity index (χ0n) is 11.0. The quantitative estimate of drug-likeness (QED) is 0.889. The summed E-state index contributed by atoms with van der Waals surface area (Å²) in [5.74, 6) is -1.20. The van der Waals surface area contributed by atoms with Crippen LogP contribution in [0, 0.1) is 6.92 Å². The Morgan fingerprint density at radius 1 is 1.25 bits per heavy atom. The molecule has 20 heavy (non-hydrogen) atoms. The topological polar surface area (TPSA) is 66.4 Å². The largest absolute Gasteiger partial charge is 0.481 e. The number of carboxylic acids is 1. The zero-order valence-corrected chi connectivity index (χ0v) is 11.8. The molecule has 0 saturated heterocycles. The molecule has 1 atom stereocenters. The van der Waals surface area contributed by atoms with Gasteiger partial charge in [-0.25, -0.2) is 0 Å². The number of aryl methyl sites for hydroxylation is 1. The van der Waals surface area contributed by atoms with Crippen molar-refractivity contribution in [3.05, 3.63) is 57.8 Å². The van der Waals surface area contributed by atoms with Gasteiger partial charge in [-0.05, 0) is 30.5 Å². The molecule has 0 saturated carbocycles. The molecule has 104 valence electrons. The van der Waals surface area contributed by atoms with E-state index in [0.717, 1.165) is 10.4 Å². The predicted molar refractivity (Wildman–Crippen MR) is 78.0 cm³/mol. The van der Waals surface area contributed by atoms with Crippen LogP contribution < -0.4 is 5.32 Å². The number of hydrogen-bond donors (Lipinski definition) is 2. The molecular formula is C15H15NO3S. The number of benzene rings is 1. The van der Waals surface area contributed by atoms with Crippen LogP contribution in [0.4, 0.5) is 0 Å². The van der Waals surface area contributed by atoms with Crippen molar-refractivity contribution in [1.82, 2.24) is 5.32 Å². The van der Waals surface area contributed by atoms with E-state index in [1.54, 1.807) is 12.1 Å². The van der Waals surface area contributed by atoms with Crippen molar-refractivity contribution in [3.8, 4) is 0 Å². The van der Waals surface area contributed by atoms with Crippen molar-refractivity contribution >= 4 is 23.2 Å². The van der Waals surface area contributed by atoms with E-state index in [0.29, 0.717) is 5.56 Å². The van der Waals surface area contributed by atoms with Gasteiger partial charge in [0.15, 0.2) is 0 Å². The smallest absolute Gasteiger partial charge is 0.305 e. The Morgan fingerprint density at radius 2 is 1.95 bits per heavy atom. The van der Waals surface area contributed by atoms with Gasteiger partial charge in [-0.3, -0.25) is 9.59 Å². The number of aliphatic carboxylic acids is 1. The van der Waals surface area contributed by atoms with E-state index in [9.17, 15) is 9.59 Å². The van der Waals surface area contributed by atoms with E-state index in [4.69, 9.17) is 5.11 Å². The fraction of sp³-hybridized carbons (Fsp3) is 0.200. The third-order valence-electron chi connectivity index (χ3n) is 2.88. The molecule has 2 aromatic rings. The van der Waals surface area contributed by atoms with Gasteiger partial charge in [-0.1, -0.05) is 23.8 Å². The number of hydrogen-bond acceptors (Lipinski definition) is 3. The molecule has 2 rings (SSSR count). The van der Waals surface area contributed by atoms with Gasteiger partial charge < -0.3 is 10.4 Å². The second-order valence-electron chi connectivity index (χ2n) is 4.51. The van der Waals surface area contributed by atoms with Crippen molar-refractivity contribution in [2.24, 2.45) is 0 Å². The molecule has 1 unspecified atom stereocenters. The normalized spacial score (nSPS) is 11.8. The maximum atomic E-state index is 12.1. The van der Waals surface area contributed by atoms with Crippen LogP contribution in [-0.2, 0) is 4.79 Å². The molecule has 4 nitrogen and oxygen atoms in total. The molecular weight excluding hydrogens is 274 g/mol. The van der Waals surface area contributed by atoms with E-state index < -0.39 is 12.0 Å². The highest BCUT2D eigenvalue weighted by Gasteiger charge is 2.19. The van der Waals surface area contributed by atoms with Crippen LogP contribution in [0.1, 0.15) is 33.3 Å². The van der Waals surface area contributed by atoms with Crippen LogP contribution in [0.15, 0.2) is 41.8 Å². The summed E-state index contributed by atoms with van der Waals surface area (Å²) in [7, 11) is 0. The van der Waals surface area contributed by atoms with Crippen LogP contribution >= 0.6 is 11.3 Å². The lowest BCUT2D eigenvalue weighted by molar-refractivity contribution is -0.137. The van der Waals surface area contributed by atoms with Gasteiger partial charge in [0.1, 0.15) is 0 Å². The Labute approximate surface area is 121 Å². The fourth-order valence-electron chi connectivity index (χ4n) is 1.83. The molecule has 1 heterocycles. The van der Waals surface area contributed by atoms with Gasteiger partial charge >= 0.3 is 5.97 Å². The molecule has 2 N–H and O–H groups in total. The number of carboxylic acid groups (broad SMARTS) is 1. The van der Waals surface area contributed by atoms with Gasteiger partial charge in [0.25, 0.3) is 5.91 Å². The number of rotatable bonds is 5. The highest BCUT2D eigenvalue weighted by molar-refractivity contribution is 7.10. The number of nitrogens with one attached hydrogen (secondary N) is 1. The summed E-state index contributed by atoms with van der Waals surface area (Å²) in [6.45, 7) is 1.95. The number of amides is 1. The van der Waals surface area contributed by atoms with E-state index in [1.807, 2.05) is 36.6 Å². The molecule has 0 radical (unpaired) electrons. The summed E-state index contributed by atoms with van der Waals surface area (Å²) in [5.41, 5.74) is 1.60. The van der Waals surface area contributed by atoms with E-state index in [2.05, 4.69) is 5.32 Å². The summed E-state index contributed by atoms with van der Waals surface area (Å²) >= 11 is 1.43. The summed E-state index contributed by atoms with van der Waals surface area (Å²) < 4.78 is 0. The maximum absolute atomic E-state index is 12.1. The SMILES string of the molecule is Cc1ccc(C(=O)NC(CC(=O)O)c2cccs2)cc1. The molecule has 1 aromatic heterocycles. The molecule has 0 spiro atoms. The Morgan fingerprint density at radius 3 is 2.50 bits per heavy atom. The Balaban J connectivity index is 2.13. The molecule has 0 fully saturated rings. The first-order valence-electron chi connectivity index (χ1n) is 6.19. The standard InChI is InChI=1S/C15H15NO3S/c1-10-4-6-11(7-5-10)15(19)16-12(9-14(17)18)13-3-2-8-20-13/h2-8,12H,9H2,1H3,(H,16,19)(H,17,18). The average molecular weight is 289 g/mol. The van der Waals surface area contributed by atoms with Gasteiger partial charge in [0.05, 0.1) is 12.5 Å². The minimum Gasteiger partial charge on any atom is -0.481 e. The van der Waals surface area contributed by atoms with Crippen molar-refractivity contribution in [2.75, 3.05) is 0 Å². The Hall–Kier alpha value is -2.14. The highest BCUT2D eigenvalue weighted by atomic mass is 32.1. The van der Waals surface area contributed by atoms with Crippen LogP contribution in [0.2, 0.25) is 0 Å². The number of thiophene rings is 1. The van der Waals surface area contributed by atoms with Crippen molar-refractivity contribution in [1.29, 1.82) is 0 Å². The van der Waals surface area contributed by atoms with Gasteiger partial charge in [0, 0.05) is 10.4 Å². The van der Waals surface area contributed by atoms with E-state index >= 15 is 0 Å². The van der Waals surface area contributed by atoms with Crippen LogP contribution in [-0.4, -0.2) is 17.0 Å². The summed E-state index contributed by atoms with van der Waals surface area (Å²) in [5, 5.41) is 13.6. The van der Waals surface area contributed by atoms with Crippen molar-refractivity contribution < 1.29 is 14.7 Å². The minimum absolute atomic E-state index is 0.127. The molecule has 1 amide bonds. The lowest BCUT2D eigenvalue weighted by Crippen LogP contribution is -2.29. The molecule has 0 aliphatic heterocycles. The van der Waals surface area contributed by atoms with E-state index in [1.165, 1.54) is 11.3 Å². The minimum atomic E-state index is -0.937. The molecule has 5 heteroatoms. The number of carbonyl (C=O) groups is 2. The van der Waals surface area contributed by atoms with Crippen LogP contribution in [0.3, 0.4) is 0 Å². The molecule has 0 aliphatic carbocycles. The third-order valence-corrected chi connectivity index (χ3v) is 3.87. The van der Waals surface area contributed by atoms with Crippen LogP contribution in [0.25, 0.3) is 0 Å². The highest BCUT2D eigenvalue weighted by Crippen LogP contribution is 2.22. The molecule has 0 aliphatic rings. The van der Waals surface area contributed by atoms with Gasteiger partial charge in [-0.15, -0.1) is 11.3 Å². The maximum Gasteiger partial charge on any atom is 0.305 e.